The Kier molecular flexibility index (Phi) is 3.49. The smallest absolute Gasteiger partial charge is 0.243 e. The first-order valence-corrected chi connectivity index (χ1v) is 5.69. The first-order chi connectivity index (χ1) is 7.81. The van der Waals surface area contributed by atoms with Crippen LogP contribution in [0.1, 0.15) is 42.6 Å². The second-order valence-corrected chi connectivity index (χ2v) is 4.19. The number of Topliss-reactive ketones (excluding diaryl/α,β-unsaturated/α-hetero) is 1. The molecule has 0 radical (unpaired) electrons. The summed E-state index contributed by atoms with van der Waals surface area (Å²) in [6.07, 6.45) is 8.46. The van der Waals surface area contributed by atoms with Gasteiger partial charge in [0, 0.05) is 18.8 Å². The Balaban J connectivity index is 2.07. The summed E-state index contributed by atoms with van der Waals surface area (Å²) in [6, 6.07) is 0. The predicted octanol–water partition coefficient (Wildman–Crippen LogP) is 2.25. The number of methoxy groups -OCH3 is 1. The third kappa shape index (κ3) is 2.38. The molecule has 1 heterocycles. The SMILES string of the molecule is COc1nccnc1C(=O)CC1CCCC1. The summed E-state index contributed by atoms with van der Waals surface area (Å²) in [5.74, 6) is 0.918. The molecule has 0 amide bonds. The van der Waals surface area contributed by atoms with E-state index in [2.05, 4.69) is 9.97 Å². The zero-order chi connectivity index (χ0) is 11.4. The van der Waals surface area contributed by atoms with Gasteiger partial charge < -0.3 is 4.74 Å². The van der Waals surface area contributed by atoms with Gasteiger partial charge in [-0.2, -0.15) is 0 Å². The van der Waals surface area contributed by atoms with Gasteiger partial charge in [-0.3, -0.25) is 4.79 Å². The molecule has 0 unspecified atom stereocenters. The van der Waals surface area contributed by atoms with Crippen LogP contribution in [0.25, 0.3) is 0 Å². The van der Waals surface area contributed by atoms with Gasteiger partial charge in [-0.25, -0.2) is 9.97 Å². The molecule has 0 atom stereocenters. The molecule has 1 aromatic heterocycles. The molecule has 1 saturated carbocycles. The normalized spacial score (nSPS) is 16.3. The van der Waals surface area contributed by atoms with Crippen LogP contribution in [-0.2, 0) is 0 Å². The molecule has 1 fully saturated rings. The lowest BCUT2D eigenvalue weighted by molar-refractivity contribution is 0.0953. The molecular formula is C12H16N2O2. The first kappa shape index (κ1) is 11.0. The van der Waals surface area contributed by atoms with E-state index < -0.39 is 0 Å². The van der Waals surface area contributed by atoms with Crippen molar-refractivity contribution < 1.29 is 9.53 Å². The van der Waals surface area contributed by atoms with Crippen LogP contribution in [0, 0.1) is 5.92 Å². The summed E-state index contributed by atoms with van der Waals surface area (Å²) in [6.45, 7) is 0. The average Bonchev–Trinajstić information content (AvgIpc) is 2.81. The van der Waals surface area contributed by atoms with E-state index in [0.717, 1.165) is 12.8 Å². The minimum absolute atomic E-state index is 0.0526. The minimum atomic E-state index is 0.0526. The van der Waals surface area contributed by atoms with Gasteiger partial charge in [-0.15, -0.1) is 0 Å². The van der Waals surface area contributed by atoms with Crippen LogP contribution in [-0.4, -0.2) is 22.9 Å². The molecule has 1 aliphatic rings. The van der Waals surface area contributed by atoms with Crippen molar-refractivity contribution in [3.05, 3.63) is 18.1 Å². The summed E-state index contributed by atoms with van der Waals surface area (Å²) in [5.41, 5.74) is 0.372. The molecule has 0 aliphatic heterocycles. The van der Waals surface area contributed by atoms with Crippen molar-refractivity contribution >= 4 is 5.78 Å². The van der Waals surface area contributed by atoms with Gasteiger partial charge in [0.2, 0.25) is 5.88 Å². The van der Waals surface area contributed by atoms with Gasteiger partial charge in [0.25, 0.3) is 0 Å². The maximum Gasteiger partial charge on any atom is 0.243 e. The van der Waals surface area contributed by atoms with E-state index in [4.69, 9.17) is 4.74 Å². The molecule has 0 bridgehead atoms. The number of hydrogen-bond donors (Lipinski definition) is 0. The van der Waals surface area contributed by atoms with Crippen molar-refractivity contribution in [2.24, 2.45) is 5.92 Å². The predicted molar refractivity (Wildman–Crippen MR) is 59.5 cm³/mol. The summed E-state index contributed by atoms with van der Waals surface area (Å²) in [7, 11) is 1.51. The minimum Gasteiger partial charge on any atom is -0.479 e. The Morgan fingerprint density at radius 1 is 1.38 bits per heavy atom. The molecule has 0 saturated heterocycles. The Hall–Kier alpha value is -1.45. The van der Waals surface area contributed by atoms with Crippen LogP contribution >= 0.6 is 0 Å². The Labute approximate surface area is 95.1 Å². The van der Waals surface area contributed by atoms with Crippen LogP contribution in [0.3, 0.4) is 0 Å². The van der Waals surface area contributed by atoms with Crippen molar-refractivity contribution in [2.45, 2.75) is 32.1 Å². The maximum atomic E-state index is 12.0. The van der Waals surface area contributed by atoms with E-state index in [9.17, 15) is 4.79 Å². The monoisotopic (exact) mass is 220 g/mol. The van der Waals surface area contributed by atoms with Crippen molar-refractivity contribution in [1.82, 2.24) is 9.97 Å². The van der Waals surface area contributed by atoms with Crippen molar-refractivity contribution in [3.8, 4) is 5.88 Å². The summed E-state index contributed by atoms with van der Waals surface area (Å²) in [4.78, 5) is 20.0. The Morgan fingerprint density at radius 2 is 2.06 bits per heavy atom. The van der Waals surface area contributed by atoms with Crippen LogP contribution < -0.4 is 4.74 Å². The van der Waals surface area contributed by atoms with E-state index in [1.165, 1.54) is 32.3 Å². The van der Waals surface area contributed by atoms with Gasteiger partial charge >= 0.3 is 0 Å². The standard InChI is InChI=1S/C12H16N2O2/c1-16-12-11(13-6-7-14-12)10(15)8-9-4-2-3-5-9/h6-7,9H,2-5,8H2,1H3. The zero-order valence-corrected chi connectivity index (χ0v) is 9.48. The number of ether oxygens (including phenoxy) is 1. The average molecular weight is 220 g/mol. The molecule has 1 aromatic rings. The Morgan fingerprint density at radius 3 is 2.75 bits per heavy atom. The molecule has 16 heavy (non-hydrogen) atoms. The van der Waals surface area contributed by atoms with E-state index >= 15 is 0 Å². The van der Waals surface area contributed by atoms with Crippen molar-refractivity contribution in [1.29, 1.82) is 0 Å². The second kappa shape index (κ2) is 5.05. The van der Waals surface area contributed by atoms with Gasteiger partial charge in [-0.1, -0.05) is 25.7 Å². The third-order valence-corrected chi connectivity index (χ3v) is 3.07. The lowest BCUT2D eigenvalue weighted by Crippen LogP contribution is -2.10. The third-order valence-electron chi connectivity index (χ3n) is 3.07. The highest BCUT2D eigenvalue weighted by Crippen LogP contribution is 2.29. The number of carbonyl (C=O) groups excluding carboxylic acids is 1. The van der Waals surface area contributed by atoms with Gasteiger partial charge in [0.05, 0.1) is 7.11 Å². The number of aromatic nitrogens is 2. The second-order valence-electron chi connectivity index (χ2n) is 4.19. The van der Waals surface area contributed by atoms with Gasteiger partial charge in [0.1, 0.15) is 0 Å². The van der Waals surface area contributed by atoms with Crippen LogP contribution in [0.5, 0.6) is 5.88 Å². The number of rotatable bonds is 4. The molecule has 0 N–H and O–H groups in total. The lowest BCUT2D eigenvalue weighted by atomic mass is 10.00. The van der Waals surface area contributed by atoms with Crippen LogP contribution in [0.15, 0.2) is 12.4 Å². The summed E-state index contributed by atoms with van der Waals surface area (Å²) < 4.78 is 5.04. The van der Waals surface area contributed by atoms with Gasteiger partial charge in [-0.05, 0) is 5.92 Å². The van der Waals surface area contributed by atoms with Crippen LogP contribution in [0.2, 0.25) is 0 Å². The molecule has 4 heteroatoms. The van der Waals surface area contributed by atoms with Gasteiger partial charge in [0.15, 0.2) is 11.5 Å². The fourth-order valence-electron chi connectivity index (χ4n) is 2.24. The van der Waals surface area contributed by atoms with E-state index in [1.54, 1.807) is 0 Å². The van der Waals surface area contributed by atoms with E-state index in [-0.39, 0.29) is 5.78 Å². The fourth-order valence-corrected chi connectivity index (χ4v) is 2.24. The number of hydrogen-bond acceptors (Lipinski definition) is 4. The van der Waals surface area contributed by atoms with Crippen molar-refractivity contribution in [3.63, 3.8) is 0 Å². The first-order valence-electron chi connectivity index (χ1n) is 5.69. The largest absolute Gasteiger partial charge is 0.479 e. The Bertz CT molecular complexity index is 373. The molecule has 86 valence electrons. The summed E-state index contributed by atoms with van der Waals surface area (Å²) in [5, 5.41) is 0. The topological polar surface area (TPSA) is 52.1 Å². The highest BCUT2D eigenvalue weighted by atomic mass is 16.5. The summed E-state index contributed by atoms with van der Waals surface area (Å²) >= 11 is 0. The lowest BCUT2D eigenvalue weighted by Gasteiger charge is -2.08. The van der Waals surface area contributed by atoms with Crippen LogP contribution in [0.4, 0.5) is 0 Å². The highest BCUT2D eigenvalue weighted by molar-refractivity contribution is 5.96. The van der Waals surface area contributed by atoms with E-state index in [0.29, 0.717) is 23.9 Å². The number of nitrogens with zero attached hydrogens (tertiary/aromatic N) is 2. The molecule has 2 rings (SSSR count). The maximum absolute atomic E-state index is 12.0. The quantitative estimate of drug-likeness (QED) is 0.730. The molecule has 1 aliphatic carbocycles. The fraction of sp³-hybridized carbons (Fsp3) is 0.583. The molecule has 4 nitrogen and oxygen atoms in total. The van der Waals surface area contributed by atoms with Crippen molar-refractivity contribution in [2.75, 3.05) is 7.11 Å². The zero-order valence-electron chi connectivity index (χ0n) is 9.48. The number of ketones is 1. The number of carbonyl (C=O) groups is 1. The molecular weight excluding hydrogens is 204 g/mol. The van der Waals surface area contributed by atoms with E-state index in [1.807, 2.05) is 0 Å². The molecule has 0 spiro atoms. The highest BCUT2D eigenvalue weighted by Gasteiger charge is 2.22. The molecule has 0 aromatic carbocycles.